The fourth-order valence-electron chi connectivity index (χ4n) is 2.49. The van der Waals surface area contributed by atoms with Crippen LogP contribution in [0, 0.1) is 0 Å². The normalized spacial score (nSPS) is 10.6. The van der Waals surface area contributed by atoms with Crippen LogP contribution in [0.4, 0.5) is 0 Å². The van der Waals surface area contributed by atoms with Gasteiger partial charge in [0, 0.05) is 11.1 Å². The molecule has 0 amide bonds. The van der Waals surface area contributed by atoms with E-state index in [-0.39, 0.29) is 22.6 Å². The lowest BCUT2D eigenvalue weighted by atomic mass is 9.97. The van der Waals surface area contributed by atoms with Gasteiger partial charge in [-0.2, -0.15) is 0 Å². The summed E-state index contributed by atoms with van der Waals surface area (Å²) in [6, 6.07) is 2.80. The highest BCUT2D eigenvalue weighted by Crippen LogP contribution is 2.35. The minimum Gasteiger partial charge on any atom is -0.508 e. The number of phenolic OH excluding ortho intramolecular Hbond substituents is 2. The molecule has 0 aromatic heterocycles. The molecule has 0 spiro atoms. The van der Waals surface area contributed by atoms with Crippen LogP contribution in [0.2, 0.25) is 0 Å². The van der Waals surface area contributed by atoms with Crippen molar-refractivity contribution < 1.29 is 20.1 Å². The summed E-state index contributed by atoms with van der Waals surface area (Å²) in [5, 5.41) is 29.0. The van der Waals surface area contributed by atoms with Crippen LogP contribution in [0.3, 0.4) is 0 Å². The van der Waals surface area contributed by atoms with Gasteiger partial charge >= 0.3 is 5.97 Å². The number of hydrogen-bond acceptors (Lipinski definition) is 3. The van der Waals surface area contributed by atoms with Gasteiger partial charge in [0.15, 0.2) is 0 Å². The van der Waals surface area contributed by atoms with E-state index in [4.69, 9.17) is 5.11 Å². The number of aliphatic carboxylic acids is 1. The molecule has 0 aliphatic heterocycles. The van der Waals surface area contributed by atoms with Crippen LogP contribution in [0.5, 0.6) is 11.5 Å². The molecule has 4 heteroatoms. The molecule has 1 aromatic rings. The van der Waals surface area contributed by atoms with E-state index in [1.54, 1.807) is 0 Å². The van der Waals surface area contributed by atoms with Crippen molar-refractivity contribution in [1.82, 2.24) is 0 Å². The van der Waals surface area contributed by atoms with Crippen LogP contribution in [0.1, 0.15) is 63.0 Å². The zero-order valence-corrected chi connectivity index (χ0v) is 13.3. The second-order valence-electron chi connectivity index (χ2n) is 5.61. The van der Waals surface area contributed by atoms with Gasteiger partial charge in [0.2, 0.25) is 0 Å². The van der Waals surface area contributed by atoms with Gasteiger partial charge in [-0.15, -0.1) is 0 Å². The summed E-state index contributed by atoms with van der Waals surface area (Å²) in [4.78, 5) is 11.0. The third kappa shape index (κ3) is 5.10. The Labute approximate surface area is 132 Å². The van der Waals surface area contributed by atoms with Crippen LogP contribution < -0.4 is 0 Å². The molecule has 0 atom stereocenters. The summed E-state index contributed by atoms with van der Waals surface area (Å²) in [6.07, 6.45) is 8.52. The van der Waals surface area contributed by atoms with Crippen molar-refractivity contribution in [3.05, 3.63) is 29.8 Å². The Hall–Kier alpha value is -1.97. The third-order valence-electron chi connectivity index (χ3n) is 3.87. The molecule has 0 heterocycles. The van der Waals surface area contributed by atoms with Gasteiger partial charge in [-0.3, -0.25) is 0 Å². The van der Waals surface area contributed by atoms with E-state index >= 15 is 0 Å². The number of hydrogen-bond donors (Lipinski definition) is 3. The maximum absolute atomic E-state index is 11.0. The number of unbranched alkanes of at least 4 members (excludes halogenated alkanes) is 6. The summed E-state index contributed by atoms with van der Waals surface area (Å²) in [5.74, 6) is -1.34. The van der Waals surface area contributed by atoms with Gasteiger partial charge in [-0.25, -0.2) is 4.79 Å². The topological polar surface area (TPSA) is 77.8 Å². The number of rotatable bonds is 10. The molecule has 0 fully saturated rings. The van der Waals surface area contributed by atoms with E-state index < -0.39 is 5.97 Å². The predicted octanol–water partition coefficient (Wildman–Crippen LogP) is 4.49. The summed E-state index contributed by atoms with van der Waals surface area (Å²) < 4.78 is 0. The van der Waals surface area contributed by atoms with Crippen LogP contribution >= 0.6 is 0 Å². The first kappa shape index (κ1) is 18.1. The van der Waals surface area contributed by atoms with Crippen LogP contribution in [-0.2, 0) is 11.2 Å². The highest BCUT2D eigenvalue weighted by Gasteiger charge is 2.17. The van der Waals surface area contributed by atoms with Gasteiger partial charge in [0.25, 0.3) is 0 Å². The fraction of sp³-hybridized carbons (Fsp3) is 0.500. The van der Waals surface area contributed by atoms with Gasteiger partial charge in [-0.05, 0) is 25.0 Å². The number of carboxylic acids is 1. The van der Waals surface area contributed by atoms with Crippen molar-refractivity contribution in [3.63, 3.8) is 0 Å². The first-order valence-corrected chi connectivity index (χ1v) is 7.95. The molecule has 0 radical (unpaired) electrons. The average Bonchev–Trinajstić information content (AvgIpc) is 2.48. The average molecular weight is 306 g/mol. The molecule has 1 rings (SSSR count). The van der Waals surface area contributed by atoms with E-state index in [1.165, 1.54) is 37.8 Å². The van der Waals surface area contributed by atoms with Gasteiger partial charge in [0.1, 0.15) is 11.5 Å². The molecule has 3 N–H and O–H groups in total. The summed E-state index contributed by atoms with van der Waals surface area (Å²) in [5.41, 5.74) is 0.412. The molecule has 22 heavy (non-hydrogen) atoms. The summed E-state index contributed by atoms with van der Waals surface area (Å²) in [6.45, 7) is 5.64. The Bertz CT molecular complexity index is 520. The zero-order chi connectivity index (χ0) is 16.5. The molecule has 0 unspecified atom stereocenters. The van der Waals surface area contributed by atoms with Crippen molar-refractivity contribution in [1.29, 1.82) is 0 Å². The lowest BCUT2D eigenvalue weighted by Crippen LogP contribution is -2.00. The largest absolute Gasteiger partial charge is 0.508 e. The molecule has 1 aromatic carbocycles. The molecular formula is C18H26O4. The fourth-order valence-corrected chi connectivity index (χ4v) is 2.49. The third-order valence-corrected chi connectivity index (χ3v) is 3.87. The Morgan fingerprint density at radius 1 is 1.05 bits per heavy atom. The molecule has 0 bridgehead atoms. The molecule has 0 aliphatic rings. The van der Waals surface area contributed by atoms with Gasteiger partial charge in [0.05, 0.1) is 5.57 Å². The first-order valence-electron chi connectivity index (χ1n) is 7.95. The summed E-state index contributed by atoms with van der Waals surface area (Å²) >= 11 is 0. The lowest BCUT2D eigenvalue weighted by Gasteiger charge is -2.12. The number of benzene rings is 1. The molecule has 0 saturated carbocycles. The summed E-state index contributed by atoms with van der Waals surface area (Å²) in [7, 11) is 0. The second-order valence-corrected chi connectivity index (χ2v) is 5.61. The van der Waals surface area contributed by atoms with Crippen molar-refractivity contribution >= 4 is 11.5 Å². The quantitative estimate of drug-likeness (QED) is 0.439. The highest BCUT2D eigenvalue weighted by atomic mass is 16.4. The standard InChI is InChI=1S/C18H26O4/c1-3-4-5-6-7-8-9-10-15-16(19)12-11-14(17(15)20)13(2)18(21)22/h11-12,19-20H,2-10H2,1H3,(H,21,22). The minimum atomic E-state index is -1.18. The van der Waals surface area contributed by atoms with E-state index in [0.29, 0.717) is 12.0 Å². The van der Waals surface area contributed by atoms with E-state index in [1.807, 2.05) is 0 Å². The molecule has 4 nitrogen and oxygen atoms in total. The highest BCUT2D eigenvalue weighted by molar-refractivity contribution is 6.15. The molecule has 0 aliphatic carbocycles. The first-order chi connectivity index (χ1) is 10.5. The van der Waals surface area contributed by atoms with Crippen LogP contribution in [-0.4, -0.2) is 21.3 Å². The van der Waals surface area contributed by atoms with Crippen molar-refractivity contribution in [3.8, 4) is 11.5 Å². The number of carboxylic acid groups (broad SMARTS) is 1. The maximum atomic E-state index is 11.0. The van der Waals surface area contributed by atoms with Crippen molar-refractivity contribution in [2.75, 3.05) is 0 Å². The molecule has 0 saturated heterocycles. The Morgan fingerprint density at radius 2 is 1.64 bits per heavy atom. The number of phenols is 2. The van der Waals surface area contributed by atoms with E-state index in [9.17, 15) is 15.0 Å². The van der Waals surface area contributed by atoms with Gasteiger partial charge in [-0.1, -0.05) is 52.0 Å². The molecular weight excluding hydrogens is 280 g/mol. The smallest absolute Gasteiger partial charge is 0.335 e. The Kier molecular flexibility index (Phi) is 7.50. The van der Waals surface area contributed by atoms with Crippen molar-refractivity contribution in [2.24, 2.45) is 0 Å². The van der Waals surface area contributed by atoms with Crippen LogP contribution in [0.15, 0.2) is 18.7 Å². The Balaban J connectivity index is 2.61. The monoisotopic (exact) mass is 306 g/mol. The number of carbonyl (C=O) groups is 1. The predicted molar refractivity (Wildman–Crippen MR) is 88.1 cm³/mol. The zero-order valence-electron chi connectivity index (χ0n) is 13.3. The molecule has 122 valence electrons. The van der Waals surface area contributed by atoms with Crippen molar-refractivity contribution in [2.45, 2.75) is 58.3 Å². The lowest BCUT2D eigenvalue weighted by molar-refractivity contribution is -0.130. The van der Waals surface area contributed by atoms with E-state index in [0.717, 1.165) is 19.3 Å². The van der Waals surface area contributed by atoms with Gasteiger partial charge < -0.3 is 15.3 Å². The maximum Gasteiger partial charge on any atom is 0.335 e. The Morgan fingerprint density at radius 3 is 2.23 bits per heavy atom. The SMILES string of the molecule is C=C(C(=O)O)c1ccc(O)c(CCCCCCCCC)c1O. The second kappa shape index (κ2) is 9.13. The minimum absolute atomic E-state index is 0.00502. The van der Waals surface area contributed by atoms with Crippen LogP contribution in [0.25, 0.3) is 5.57 Å². The van der Waals surface area contributed by atoms with E-state index in [2.05, 4.69) is 13.5 Å². The number of aromatic hydroxyl groups is 2.